The quantitative estimate of drug-likeness (QED) is 0.476. The molecule has 4 nitrogen and oxygen atoms in total. The van der Waals surface area contributed by atoms with Gasteiger partial charge >= 0.3 is 0 Å². The SMILES string of the molecule is Ic1ccc2c(ccc3nnc(-c4nccs4)n32)c1. The highest BCUT2D eigenvalue weighted by atomic mass is 127. The van der Waals surface area contributed by atoms with Crippen molar-refractivity contribution >= 4 is 50.5 Å². The van der Waals surface area contributed by atoms with Gasteiger partial charge in [0.05, 0.1) is 5.52 Å². The number of thiazole rings is 1. The zero-order valence-corrected chi connectivity index (χ0v) is 12.6. The summed E-state index contributed by atoms with van der Waals surface area (Å²) in [6.45, 7) is 0. The smallest absolute Gasteiger partial charge is 0.197 e. The second-order valence-electron chi connectivity index (χ2n) is 4.09. The molecule has 0 atom stereocenters. The molecule has 92 valence electrons. The largest absolute Gasteiger partial charge is 0.273 e. The summed E-state index contributed by atoms with van der Waals surface area (Å²) in [5, 5.41) is 12.5. The Hall–Kier alpha value is -1.54. The third-order valence-corrected chi connectivity index (χ3v) is 4.39. The van der Waals surface area contributed by atoms with Crippen LogP contribution >= 0.6 is 33.9 Å². The molecule has 1 aromatic carbocycles. The number of halogens is 1. The Morgan fingerprint density at radius 1 is 1.11 bits per heavy atom. The van der Waals surface area contributed by atoms with Gasteiger partial charge in [0.1, 0.15) is 0 Å². The van der Waals surface area contributed by atoms with Gasteiger partial charge in [-0.15, -0.1) is 21.5 Å². The van der Waals surface area contributed by atoms with Gasteiger partial charge in [-0.1, -0.05) is 0 Å². The van der Waals surface area contributed by atoms with Crippen LogP contribution in [-0.2, 0) is 0 Å². The zero-order valence-electron chi connectivity index (χ0n) is 9.62. The summed E-state index contributed by atoms with van der Waals surface area (Å²) in [5.74, 6) is 0.803. The van der Waals surface area contributed by atoms with Gasteiger partial charge in [0.15, 0.2) is 16.5 Å². The molecule has 0 aliphatic carbocycles. The van der Waals surface area contributed by atoms with Crippen molar-refractivity contribution in [1.29, 1.82) is 0 Å². The Labute approximate surface area is 126 Å². The molecular formula is C13H7IN4S. The number of rotatable bonds is 1. The van der Waals surface area contributed by atoms with Crippen molar-refractivity contribution in [3.05, 3.63) is 45.5 Å². The molecule has 0 saturated heterocycles. The molecule has 0 unspecified atom stereocenters. The first-order chi connectivity index (χ1) is 9.33. The molecule has 0 aliphatic rings. The van der Waals surface area contributed by atoms with Crippen molar-refractivity contribution in [2.24, 2.45) is 0 Å². The Bertz CT molecular complexity index is 882. The molecular weight excluding hydrogens is 371 g/mol. The Morgan fingerprint density at radius 2 is 2.05 bits per heavy atom. The van der Waals surface area contributed by atoms with Crippen LogP contribution in [0.4, 0.5) is 0 Å². The van der Waals surface area contributed by atoms with Crippen molar-refractivity contribution < 1.29 is 0 Å². The number of fused-ring (bicyclic) bond motifs is 3. The maximum atomic E-state index is 4.33. The van der Waals surface area contributed by atoms with Crippen molar-refractivity contribution in [2.45, 2.75) is 0 Å². The first kappa shape index (κ1) is 11.3. The van der Waals surface area contributed by atoms with Gasteiger partial charge in [0.2, 0.25) is 0 Å². The van der Waals surface area contributed by atoms with E-state index in [1.807, 2.05) is 11.4 Å². The van der Waals surface area contributed by atoms with E-state index in [2.05, 4.69) is 66.4 Å². The summed E-state index contributed by atoms with van der Waals surface area (Å²) in [5.41, 5.74) is 1.95. The molecule has 0 N–H and O–H groups in total. The fourth-order valence-corrected chi connectivity index (χ4v) is 3.27. The molecule has 0 radical (unpaired) electrons. The van der Waals surface area contributed by atoms with Crippen LogP contribution in [0.1, 0.15) is 0 Å². The number of hydrogen-bond acceptors (Lipinski definition) is 4. The van der Waals surface area contributed by atoms with E-state index in [1.165, 1.54) is 8.96 Å². The normalized spacial score (nSPS) is 11.4. The van der Waals surface area contributed by atoms with Crippen molar-refractivity contribution in [3.63, 3.8) is 0 Å². The topological polar surface area (TPSA) is 43.1 Å². The number of hydrogen-bond donors (Lipinski definition) is 0. The van der Waals surface area contributed by atoms with E-state index >= 15 is 0 Å². The Balaban J connectivity index is 2.16. The van der Waals surface area contributed by atoms with Crippen LogP contribution < -0.4 is 0 Å². The van der Waals surface area contributed by atoms with Gasteiger partial charge < -0.3 is 0 Å². The van der Waals surface area contributed by atoms with Gasteiger partial charge in [-0.2, -0.15) is 0 Å². The summed E-state index contributed by atoms with van der Waals surface area (Å²) in [6.07, 6.45) is 1.79. The molecule has 0 aliphatic heterocycles. The minimum Gasteiger partial charge on any atom is -0.273 e. The van der Waals surface area contributed by atoms with Gasteiger partial charge in [-0.3, -0.25) is 4.40 Å². The lowest BCUT2D eigenvalue weighted by Gasteiger charge is -2.03. The van der Waals surface area contributed by atoms with Crippen LogP contribution in [0, 0.1) is 3.57 Å². The van der Waals surface area contributed by atoms with Gasteiger partial charge in [0, 0.05) is 15.1 Å². The predicted octanol–water partition coefficient (Wildman–Crippen LogP) is 3.61. The summed E-state index contributed by atoms with van der Waals surface area (Å²) in [6, 6.07) is 10.4. The van der Waals surface area contributed by atoms with E-state index < -0.39 is 0 Å². The second kappa shape index (κ2) is 4.24. The molecule has 4 aromatic rings. The van der Waals surface area contributed by atoms with Crippen LogP contribution in [0.2, 0.25) is 0 Å². The number of benzene rings is 1. The molecule has 3 aromatic heterocycles. The fraction of sp³-hybridized carbons (Fsp3) is 0. The number of nitrogens with zero attached hydrogens (tertiary/aromatic N) is 4. The Kier molecular flexibility index (Phi) is 2.52. The maximum absolute atomic E-state index is 4.33. The summed E-state index contributed by atoms with van der Waals surface area (Å²) < 4.78 is 3.28. The van der Waals surface area contributed by atoms with Gasteiger partial charge in [-0.25, -0.2) is 4.98 Å². The minimum atomic E-state index is 0.803. The Morgan fingerprint density at radius 3 is 2.89 bits per heavy atom. The van der Waals surface area contributed by atoms with E-state index in [4.69, 9.17) is 0 Å². The van der Waals surface area contributed by atoms with Gasteiger partial charge in [0.25, 0.3) is 0 Å². The molecule has 4 rings (SSSR count). The number of pyridine rings is 1. The fourth-order valence-electron chi connectivity index (χ4n) is 2.14. The highest BCUT2D eigenvalue weighted by molar-refractivity contribution is 14.1. The molecule has 0 spiro atoms. The molecule has 19 heavy (non-hydrogen) atoms. The highest BCUT2D eigenvalue weighted by Crippen LogP contribution is 2.25. The standard InChI is InChI=1S/C13H7IN4S/c14-9-2-3-10-8(7-9)1-4-11-16-17-12(18(10)11)13-15-5-6-19-13/h1-7H. The van der Waals surface area contributed by atoms with Crippen molar-refractivity contribution in [2.75, 3.05) is 0 Å². The van der Waals surface area contributed by atoms with E-state index in [1.54, 1.807) is 17.5 Å². The van der Waals surface area contributed by atoms with E-state index in [0.717, 1.165) is 22.0 Å². The molecule has 0 fully saturated rings. The first-order valence-corrected chi connectivity index (χ1v) is 7.62. The molecule has 0 bridgehead atoms. The summed E-state index contributed by atoms with van der Waals surface area (Å²) in [4.78, 5) is 4.33. The molecule has 3 heterocycles. The zero-order chi connectivity index (χ0) is 12.8. The molecule has 0 amide bonds. The third-order valence-electron chi connectivity index (χ3n) is 2.95. The average Bonchev–Trinajstić information content (AvgIpc) is 3.06. The molecule has 6 heteroatoms. The van der Waals surface area contributed by atoms with E-state index in [0.29, 0.717) is 0 Å². The average molecular weight is 378 g/mol. The lowest BCUT2D eigenvalue weighted by atomic mass is 10.2. The number of aromatic nitrogens is 4. The summed E-state index contributed by atoms with van der Waals surface area (Å²) >= 11 is 3.89. The molecule has 0 saturated carbocycles. The third kappa shape index (κ3) is 1.74. The lowest BCUT2D eigenvalue weighted by molar-refractivity contribution is 1.11. The maximum Gasteiger partial charge on any atom is 0.197 e. The summed E-state index contributed by atoms with van der Waals surface area (Å²) in [7, 11) is 0. The monoisotopic (exact) mass is 378 g/mol. The minimum absolute atomic E-state index is 0.803. The van der Waals surface area contributed by atoms with Crippen LogP contribution in [0.15, 0.2) is 41.9 Å². The van der Waals surface area contributed by atoms with Crippen LogP contribution in [0.5, 0.6) is 0 Å². The first-order valence-electron chi connectivity index (χ1n) is 5.66. The van der Waals surface area contributed by atoms with Crippen LogP contribution in [-0.4, -0.2) is 19.6 Å². The van der Waals surface area contributed by atoms with Gasteiger partial charge in [-0.05, 0) is 58.3 Å². The van der Waals surface area contributed by atoms with Crippen molar-refractivity contribution in [3.8, 4) is 10.8 Å². The van der Waals surface area contributed by atoms with Crippen LogP contribution in [0.25, 0.3) is 27.4 Å². The van der Waals surface area contributed by atoms with Crippen LogP contribution in [0.3, 0.4) is 0 Å². The van der Waals surface area contributed by atoms with Crippen molar-refractivity contribution in [1.82, 2.24) is 19.6 Å². The predicted molar refractivity (Wildman–Crippen MR) is 84.3 cm³/mol. The lowest BCUT2D eigenvalue weighted by Crippen LogP contribution is -1.92. The highest BCUT2D eigenvalue weighted by Gasteiger charge is 2.12. The van der Waals surface area contributed by atoms with E-state index in [9.17, 15) is 0 Å². The van der Waals surface area contributed by atoms with E-state index in [-0.39, 0.29) is 0 Å². The second-order valence-corrected chi connectivity index (χ2v) is 6.23.